The normalized spacial score (nSPS) is 11.1. The van der Waals surface area contributed by atoms with Crippen LogP contribution in [0.15, 0.2) is 48.5 Å². The number of benzene rings is 2. The molecule has 0 saturated carbocycles. The fraction of sp³-hybridized carbons (Fsp3) is 0.278. The van der Waals surface area contributed by atoms with Gasteiger partial charge in [0.25, 0.3) is 0 Å². The van der Waals surface area contributed by atoms with Crippen LogP contribution in [0.5, 0.6) is 0 Å². The highest BCUT2D eigenvalue weighted by Gasteiger charge is 2.09. The first kappa shape index (κ1) is 13.8. The summed E-state index contributed by atoms with van der Waals surface area (Å²) in [6, 6.07) is 16.7. The van der Waals surface area contributed by atoms with E-state index in [-0.39, 0.29) is 6.61 Å². The molecule has 0 saturated heterocycles. The highest BCUT2D eigenvalue weighted by atomic mass is 16.3. The third-order valence-corrected chi connectivity index (χ3v) is 3.82. The maximum Gasteiger partial charge on any atom is 0.110 e. The van der Waals surface area contributed by atoms with Gasteiger partial charge >= 0.3 is 0 Å². The smallest absolute Gasteiger partial charge is 0.110 e. The molecule has 0 aliphatic rings. The van der Waals surface area contributed by atoms with Crippen LogP contribution >= 0.6 is 0 Å². The lowest BCUT2D eigenvalue weighted by atomic mass is 10.1. The molecule has 0 fully saturated rings. The molecule has 0 amide bonds. The second-order valence-corrected chi connectivity index (χ2v) is 5.38. The second-order valence-electron chi connectivity index (χ2n) is 5.38. The van der Waals surface area contributed by atoms with Crippen LogP contribution in [-0.2, 0) is 19.4 Å². The standard InChI is InChI=1S/C18H20N2O/c1-14-6-8-15(9-7-14)10-11-18-19-16-4-2-3-5-17(16)20(18)12-13-21/h2-9,21H,10-13H2,1H3. The van der Waals surface area contributed by atoms with Crippen LogP contribution in [0.25, 0.3) is 11.0 Å². The lowest BCUT2D eigenvalue weighted by Gasteiger charge is -2.07. The van der Waals surface area contributed by atoms with Crippen molar-refractivity contribution in [1.29, 1.82) is 0 Å². The van der Waals surface area contributed by atoms with Crippen molar-refractivity contribution in [3.63, 3.8) is 0 Å². The molecule has 3 nitrogen and oxygen atoms in total. The molecule has 3 rings (SSSR count). The Hall–Kier alpha value is -2.13. The summed E-state index contributed by atoms with van der Waals surface area (Å²) in [4.78, 5) is 4.72. The Morgan fingerprint density at radius 3 is 2.52 bits per heavy atom. The zero-order valence-electron chi connectivity index (χ0n) is 12.3. The zero-order chi connectivity index (χ0) is 14.7. The Kier molecular flexibility index (Phi) is 4.02. The number of hydrogen-bond donors (Lipinski definition) is 1. The SMILES string of the molecule is Cc1ccc(CCc2nc3ccccc3n2CCO)cc1. The highest BCUT2D eigenvalue weighted by Crippen LogP contribution is 2.17. The van der Waals surface area contributed by atoms with Gasteiger partial charge in [-0.2, -0.15) is 0 Å². The molecule has 0 radical (unpaired) electrons. The third-order valence-electron chi connectivity index (χ3n) is 3.82. The van der Waals surface area contributed by atoms with Crippen LogP contribution in [0.4, 0.5) is 0 Å². The van der Waals surface area contributed by atoms with E-state index in [2.05, 4.69) is 41.8 Å². The highest BCUT2D eigenvalue weighted by molar-refractivity contribution is 5.75. The van der Waals surface area contributed by atoms with Crippen LogP contribution in [0.2, 0.25) is 0 Å². The molecule has 0 unspecified atom stereocenters. The van der Waals surface area contributed by atoms with Crippen molar-refractivity contribution in [2.45, 2.75) is 26.3 Å². The molecule has 0 aliphatic heterocycles. The van der Waals surface area contributed by atoms with Gasteiger partial charge in [0.15, 0.2) is 0 Å². The zero-order valence-corrected chi connectivity index (χ0v) is 12.3. The molecule has 3 aromatic rings. The molecule has 108 valence electrons. The third kappa shape index (κ3) is 2.98. The average Bonchev–Trinajstić information content (AvgIpc) is 2.85. The quantitative estimate of drug-likeness (QED) is 0.779. The van der Waals surface area contributed by atoms with Crippen molar-refractivity contribution in [2.75, 3.05) is 6.61 Å². The van der Waals surface area contributed by atoms with E-state index in [1.54, 1.807) is 0 Å². The molecule has 21 heavy (non-hydrogen) atoms. The minimum atomic E-state index is 0.137. The fourth-order valence-electron chi connectivity index (χ4n) is 2.68. The van der Waals surface area contributed by atoms with Crippen molar-refractivity contribution in [3.05, 3.63) is 65.5 Å². The van der Waals surface area contributed by atoms with Crippen molar-refractivity contribution < 1.29 is 5.11 Å². The predicted octanol–water partition coefficient (Wildman–Crippen LogP) is 3.12. The maximum atomic E-state index is 9.29. The van der Waals surface area contributed by atoms with E-state index >= 15 is 0 Å². The van der Waals surface area contributed by atoms with Gasteiger partial charge < -0.3 is 9.67 Å². The summed E-state index contributed by atoms with van der Waals surface area (Å²) < 4.78 is 2.13. The van der Waals surface area contributed by atoms with Gasteiger partial charge in [-0.15, -0.1) is 0 Å². The fourth-order valence-corrected chi connectivity index (χ4v) is 2.68. The Morgan fingerprint density at radius 2 is 1.76 bits per heavy atom. The first-order valence-electron chi connectivity index (χ1n) is 7.38. The molecule has 3 heteroatoms. The summed E-state index contributed by atoms with van der Waals surface area (Å²) in [6.07, 6.45) is 1.85. The van der Waals surface area contributed by atoms with Gasteiger partial charge in [-0.1, -0.05) is 42.0 Å². The van der Waals surface area contributed by atoms with Gasteiger partial charge in [0, 0.05) is 13.0 Å². The summed E-state index contributed by atoms with van der Waals surface area (Å²) in [7, 11) is 0. The van der Waals surface area contributed by atoms with Gasteiger partial charge in [0.2, 0.25) is 0 Å². The first-order chi connectivity index (χ1) is 10.3. The first-order valence-corrected chi connectivity index (χ1v) is 7.38. The molecular weight excluding hydrogens is 260 g/mol. The number of nitrogens with zero attached hydrogens (tertiary/aromatic N) is 2. The molecule has 1 N–H and O–H groups in total. The Labute approximate surface area is 124 Å². The Bertz CT molecular complexity index is 729. The summed E-state index contributed by atoms with van der Waals surface area (Å²) >= 11 is 0. The van der Waals surface area contributed by atoms with Gasteiger partial charge in [-0.05, 0) is 31.0 Å². The predicted molar refractivity (Wildman–Crippen MR) is 85.4 cm³/mol. The van der Waals surface area contributed by atoms with Gasteiger partial charge in [0.1, 0.15) is 5.82 Å². The molecular formula is C18H20N2O. The summed E-state index contributed by atoms with van der Waals surface area (Å²) in [5, 5.41) is 9.29. The van der Waals surface area contributed by atoms with Crippen molar-refractivity contribution in [2.24, 2.45) is 0 Å². The van der Waals surface area contributed by atoms with E-state index in [0.29, 0.717) is 6.54 Å². The molecule has 0 bridgehead atoms. The van der Waals surface area contributed by atoms with Crippen LogP contribution in [0.1, 0.15) is 17.0 Å². The molecule has 2 aromatic carbocycles. The minimum Gasteiger partial charge on any atom is -0.395 e. The van der Waals surface area contributed by atoms with Gasteiger partial charge in [-0.25, -0.2) is 4.98 Å². The number of fused-ring (bicyclic) bond motifs is 1. The van der Waals surface area contributed by atoms with Crippen LogP contribution in [-0.4, -0.2) is 21.3 Å². The monoisotopic (exact) mass is 280 g/mol. The minimum absolute atomic E-state index is 0.137. The van der Waals surface area contributed by atoms with Crippen LogP contribution in [0, 0.1) is 6.92 Å². The number of aliphatic hydroxyl groups excluding tert-OH is 1. The van der Waals surface area contributed by atoms with Crippen LogP contribution < -0.4 is 0 Å². The lowest BCUT2D eigenvalue weighted by molar-refractivity contribution is 0.276. The number of aromatic nitrogens is 2. The van der Waals surface area contributed by atoms with Gasteiger partial charge in [0.05, 0.1) is 17.6 Å². The number of rotatable bonds is 5. The molecule has 0 atom stereocenters. The number of aryl methyl sites for hydroxylation is 3. The van der Waals surface area contributed by atoms with E-state index in [1.165, 1.54) is 11.1 Å². The van der Waals surface area contributed by atoms with E-state index in [0.717, 1.165) is 29.7 Å². The molecule has 1 heterocycles. The lowest BCUT2D eigenvalue weighted by Crippen LogP contribution is -2.08. The van der Waals surface area contributed by atoms with Crippen molar-refractivity contribution >= 4 is 11.0 Å². The van der Waals surface area contributed by atoms with Crippen LogP contribution in [0.3, 0.4) is 0 Å². The molecule has 0 spiro atoms. The average molecular weight is 280 g/mol. The number of imidazole rings is 1. The number of aliphatic hydroxyl groups is 1. The van der Waals surface area contributed by atoms with Crippen molar-refractivity contribution in [3.8, 4) is 0 Å². The number of hydrogen-bond acceptors (Lipinski definition) is 2. The maximum absolute atomic E-state index is 9.29. The summed E-state index contributed by atoms with van der Waals surface area (Å²) in [5.41, 5.74) is 4.71. The topological polar surface area (TPSA) is 38.0 Å². The Balaban J connectivity index is 1.85. The largest absolute Gasteiger partial charge is 0.395 e. The van der Waals surface area contributed by atoms with Gasteiger partial charge in [-0.3, -0.25) is 0 Å². The van der Waals surface area contributed by atoms with E-state index in [1.807, 2.05) is 18.2 Å². The second kappa shape index (κ2) is 6.10. The summed E-state index contributed by atoms with van der Waals surface area (Å²) in [5.74, 6) is 1.05. The van der Waals surface area contributed by atoms with E-state index < -0.39 is 0 Å². The Morgan fingerprint density at radius 1 is 1.00 bits per heavy atom. The number of para-hydroxylation sites is 2. The van der Waals surface area contributed by atoms with Crippen molar-refractivity contribution in [1.82, 2.24) is 9.55 Å². The summed E-state index contributed by atoms with van der Waals surface area (Å²) in [6.45, 7) is 2.84. The van der Waals surface area contributed by atoms with E-state index in [4.69, 9.17) is 4.98 Å². The molecule has 0 aliphatic carbocycles. The van der Waals surface area contributed by atoms with E-state index in [9.17, 15) is 5.11 Å². The molecule has 1 aromatic heterocycles.